The average molecular weight is 430 g/mol. The molecule has 0 N–H and O–H groups in total. The van der Waals surface area contributed by atoms with Crippen molar-refractivity contribution in [3.05, 3.63) is 77.2 Å². The molecule has 0 amide bonds. The molecule has 2 aromatic carbocycles. The Hall–Kier alpha value is -3.24. The number of aromatic nitrogens is 3. The predicted octanol–water partition coefficient (Wildman–Crippen LogP) is 4.42. The molecule has 3 heterocycles. The van der Waals surface area contributed by atoms with E-state index in [-0.39, 0.29) is 0 Å². The van der Waals surface area contributed by atoms with Gasteiger partial charge in [-0.2, -0.15) is 5.26 Å². The van der Waals surface area contributed by atoms with E-state index in [2.05, 4.69) is 20.4 Å². The minimum Gasteiger partial charge on any atom is -0.379 e. The van der Waals surface area contributed by atoms with Crippen LogP contribution in [0.3, 0.4) is 0 Å². The molecule has 154 valence electrons. The molecule has 0 aliphatic carbocycles. The van der Waals surface area contributed by atoms with Crippen molar-refractivity contribution in [3.8, 4) is 28.6 Å². The fourth-order valence-electron chi connectivity index (χ4n) is 3.91. The second-order valence-corrected chi connectivity index (χ2v) is 7.90. The SMILES string of the molecule is N#Cc1ccccc1-c1cn2c(CN3CCOCC3)c(-c3ccc(Cl)cc3)nc2cn1. The zero-order valence-electron chi connectivity index (χ0n) is 16.8. The number of halogens is 1. The highest BCUT2D eigenvalue weighted by molar-refractivity contribution is 6.30. The topological polar surface area (TPSA) is 66.5 Å². The zero-order chi connectivity index (χ0) is 21.2. The predicted molar refractivity (Wildman–Crippen MR) is 120 cm³/mol. The Labute approximate surface area is 185 Å². The summed E-state index contributed by atoms with van der Waals surface area (Å²) in [6.07, 6.45) is 3.75. The number of ether oxygens (including phenoxy) is 1. The van der Waals surface area contributed by atoms with Crippen LogP contribution >= 0.6 is 11.6 Å². The maximum absolute atomic E-state index is 9.51. The summed E-state index contributed by atoms with van der Waals surface area (Å²) in [5.74, 6) is 0. The van der Waals surface area contributed by atoms with E-state index in [1.54, 1.807) is 6.20 Å². The van der Waals surface area contributed by atoms with Gasteiger partial charge in [-0.15, -0.1) is 0 Å². The van der Waals surface area contributed by atoms with Crippen LogP contribution < -0.4 is 0 Å². The van der Waals surface area contributed by atoms with Crippen molar-refractivity contribution in [2.75, 3.05) is 26.3 Å². The van der Waals surface area contributed by atoms with E-state index in [1.807, 2.05) is 54.7 Å². The van der Waals surface area contributed by atoms with Crippen molar-refractivity contribution in [1.82, 2.24) is 19.3 Å². The summed E-state index contributed by atoms with van der Waals surface area (Å²) < 4.78 is 7.61. The molecule has 0 radical (unpaired) electrons. The van der Waals surface area contributed by atoms with Gasteiger partial charge in [0.25, 0.3) is 0 Å². The molecule has 1 fully saturated rings. The van der Waals surface area contributed by atoms with Gasteiger partial charge in [-0.1, -0.05) is 41.9 Å². The molecule has 7 heteroatoms. The molecule has 0 unspecified atom stereocenters. The van der Waals surface area contributed by atoms with Crippen molar-refractivity contribution in [3.63, 3.8) is 0 Å². The molecule has 0 saturated carbocycles. The van der Waals surface area contributed by atoms with Gasteiger partial charge >= 0.3 is 0 Å². The average Bonchev–Trinajstić information content (AvgIpc) is 3.17. The van der Waals surface area contributed by atoms with Gasteiger partial charge in [-0.3, -0.25) is 14.3 Å². The second-order valence-electron chi connectivity index (χ2n) is 7.46. The van der Waals surface area contributed by atoms with Crippen LogP contribution in [0.15, 0.2) is 60.9 Å². The maximum atomic E-state index is 9.51. The van der Waals surface area contributed by atoms with Crippen LogP contribution in [0.2, 0.25) is 5.02 Å². The van der Waals surface area contributed by atoms with Gasteiger partial charge in [0.1, 0.15) is 0 Å². The summed E-state index contributed by atoms with van der Waals surface area (Å²) in [5.41, 5.74) is 5.93. The molecule has 2 aromatic heterocycles. The number of nitrogens with zero attached hydrogens (tertiary/aromatic N) is 5. The second kappa shape index (κ2) is 8.48. The Morgan fingerprint density at radius 1 is 1.06 bits per heavy atom. The van der Waals surface area contributed by atoms with E-state index in [0.717, 1.165) is 66.7 Å². The number of morpholine rings is 1. The molecule has 31 heavy (non-hydrogen) atoms. The molecule has 1 aliphatic rings. The van der Waals surface area contributed by atoms with E-state index in [4.69, 9.17) is 21.3 Å². The molecule has 0 bridgehead atoms. The molecular weight excluding hydrogens is 410 g/mol. The van der Waals surface area contributed by atoms with Crippen LogP contribution in [0.25, 0.3) is 28.2 Å². The summed E-state index contributed by atoms with van der Waals surface area (Å²) in [6.45, 7) is 3.96. The third kappa shape index (κ3) is 3.91. The van der Waals surface area contributed by atoms with Crippen LogP contribution in [0.5, 0.6) is 0 Å². The number of nitriles is 1. The van der Waals surface area contributed by atoms with Crippen LogP contribution in [-0.4, -0.2) is 45.6 Å². The highest BCUT2D eigenvalue weighted by Gasteiger charge is 2.20. The number of rotatable bonds is 4. The van der Waals surface area contributed by atoms with Gasteiger partial charge in [-0.25, -0.2) is 4.98 Å². The van der Waals surface area contributed by atoms with Crippen LogP contribution in [-0.2, 0) is 11.3 Å². The Bertz CT molecular complexity index is 1270. The van der Waals surface area contributed by atoms with Crippen LogP contribution in [0.4, 0.5) is 0 Å². The summed E-state index contributed by atoms with van der Waals surface area (Å²) in [4.78, 5) is 11.9. The molecule has 0 spiro atoms. The van der Waals surface area contributed by atoms with Crippen molar-refractivity contribution in [2.45, 2.75) is 6.54 Å². The lowest BCUT2D eigenvalue weighted by molar-refractivity contribution is 0.0336. The Morgan fingerprint density at radius 3 is 2.61 bits per heavy atom. The first-order valence-corrected chi connectivity index (χ1v) is 10.5. The van der Waals surface area contributed by atoms with Crippen molar-refractivity contribution < 1.29 is 4.74 Å². The van der Waals surface area contributed by atoms with E-state index in [0.29, 0.717) is 10.6 Å². The molecule has 1 saturated heterocycles. The maximum Gasteiger partial charge on any atom is 0.156 e. The zero-order valence-corrected chi connectivity index (χ0v) is 17.6. The van der Waals surface area contributed by atoms with E-state index in [9.17, 15) is 5.26 Å². The number of hydrogen-bond donors (Lipinski definition) is 0. The van der Waals surface area contributed by atoms with Gasteiger partial charge in [0, 0.05) is 42.0 Å². The summed E-state index contributed by atoms with van der Waals surface area (Å²) in [5, 5.41) is 10.2. The normalized spacial score (nSPS) is 14.6. The Morgan fingerprint density at radius 2 is 1.84 bits per heavy atom. The molecule has 6 nitrogen and oxygen atoms in total. The standard InChI is InChI=1S/C24H20ClN5O/c25-19-7-5-17(6-8-19)24-22(16-29-9-11-31-12-10-29)30-15-21(27-14-23(30)28-24)20-4-2-1-3-18(20)13-26/h1-8,14-15H,9-12,16H2. The lowest BCUT2D eigenvalue weighted by Crippen LogP contribution is -2.36. The monoisotopic (exact) mass is 429 g/mol. The van der Waals surface area contributed by atoms with Crippen molar-refractivity contribution >= 4 is 17.2 Å². The summed E-state index contributed by atoms with van der Waals surface area (Å²) in [7, 11) is 0. The number of fused-ring (bicyclic) bond motifs is 1. The number of hydrogen-bond acceptors (Lipinski definition) is 5. The highest BCUT2D eigenvalue weighted by Crippen LogP contribution is 2.29. The Kier molecular flexibility index (Phi) is 5.39. The van der Waals surface area contributed by atoms with Gasteiger partial charge in [-0.05, 0) is 18.2 Å². The van der Waals surface area contributed by atoms with Gasteiger partial charge in [0.15, 0.2) is 5.65 Å². The molecule has 4 aromatic rings. The molecule has 0 atom stereocenters. The number of imidazole rings is 1. The van der Waals surface area contributed by atoms with E-state index in [1.165, 1.54) is 0 Å². The third-order valence-electron chi connectivity index (χ3n) is 5.53. The molecular formula is C24H20ClN5O. The van der Waals surface area contributed by atoms with Crippen molar-refractivity contribution in [1.29, 1.82) is 5.26 Å². The minimum atomic E-state index is 0.599. The first-order chi connectivity index (χ1) is 15.2. The van der Waals surface area contributed by atoms with E-state index < -0.39 is 0 Å². The van der Waals surface area contributed by atoms with Gasteiger partial charge < -0.3 is 4.74 Å². The summed E-state index contributed by atoms with van der Waals surface area (Å²) >= 11 is 6.11. The lowest BCUT2D eigenvalue weighted by atomic mass is 10.1. The number of benzene rings is 2. The molecule has 5 rings (SSSR count). The first-order valence-electron chi connectivity index (χ1n) is 10.2. The molecule has 1 aliphatic heterocycles. The first kappa shape index (κ1) is 19.7. The summed E-state index contributed by atoms with van der Waals surface area (Å²) in [6, 6.07) is 17.5. The highest BCUT2D eigenvalue weighted by atomic mass is 35.5. The minimum absolute atomic E-state index is 0.599. The lowest BCUT2D eigenvalue weighted by Gasteiger charge is -2.26. The third-order valence-corrected chi connectivity index (χ3v) is 5.78. The largest absolute Gasteiger partial charge is 0.379 e. The van der Waals surface area contributed by atoms with Gasteiger partial charge in [0.05, 0.1) is 48.1 Å². The Balaban J connectivity index is 1.66. The van der Waals surface area contributed by atoms with E-state index >= 15 is 0 Å². The van der Waals surface area contributed by atoms with Crippen molar-refractivity contribution in [2.24, 2.45) is 0 Å². The quantitative estimate of drug-likeness (QED) is 0.480. The van der Waals surface area contributed by atoms with Gasteiger partial charge in [0.2, 0.25) is 0 Å². The fourth-order valence-corrected chi connectivity index (χ4v) is 4.03. The van der Waals surface area contributed by atoms with Crippen LogP contribution in [0.1, 0.15) is 11.3 Å². The fraction of sp³-hybridized carbons (Fsp3) is 0.208. The van der Waals surface area contributed by atoms with Crippen LogP contribution in [0, 0.1) is 11.3 Å². The smallest absolute Gasteiger partial charge is 0.156 e.